The number of rotatable bonds is 5. The molecular formula is C11H23N3O2S. The Morgan fingerprint density at radius 3 is 2.65 bits per heavy atom. The highest BCUT2D eigenvalue weighted by Crippen LogP contribution is 2.29. The van der Waals surface area contributed by atoms with Crippen molar-refractivity contribution in [3.05, 3.63) is 0 Å². The molecule has 1 aliphatic heterocycles. The van der Waals surface area contributed by atoms with Crippen molar-refractivity contribution in [2.75, 3.05) is 26.7 Å². The van der Waals surface area contributed by atoms with Gasteiger partial charge in [-0.05, 0) is 37.6 Å². The third-order valence-electron chi connectivity index (χ3n) is 3.75. The van der Waals surface area contributed by atoms with Gasteiger partial charge in [-0.25, -0.2) is 0 Å². The Balaban J connectivity index is 1.90. The SMILES string of the molecule is CC1CCNCC1NS(=O)(=O)N(C)CC1CC1. The van der Waals surface area contributed by atoms with Gasteiger partial charge in [-0.15, -0.1) is 0 Å². The summed E-state index contributed by atoms with van der Waals surface area (Å²) in [5, 5.41) is 3.23. The molecule has 0 radical (unpaired) electrons. The Bertz CT molecular complexity index is 354. The molecule has 1 saturated heterocycles. The average Bonchev–Trinajstić information content (AvgIpc) is 3.05. The molecule has 17 heavy (non-hydrogen) atoms. The minimum absolute atomic E-state index is 0.0235. The molecule has 1 saturated carbocycles. The fourth-order valence-corrected chi connectivity index (χ4v) is 3.48. The van der Waals surface area contributed by atoms with Crippen LogP contribution >= 0.6 is 0 Å². The van der Waals surface area contributed by atoms with Gasteiger partial charge in [0.05, 0.1) is 0 Å². The summed E-state index contributed by atoms with van der Waals surface area (Å²) in [6.07, 6.45) is 3.36. The van der Waals surface area contributed by atoms with Crippen molar-refractivity contribution in [2.24, 2.45) is 11.8 Å². The molecule has 6 heteroatoms. The van der Waals surface area contributed by atoms with Crippen LogP contribution in [0.15, 0.2) is 0 Å². The molecule has 100 valence electrons. The van der Waals surface area contributed by atoms with Crippen LogP contribution < -0.4 is 10.0 Å². The van der Waals surface area contributed by atoms with Crippen molar-refractivity contribution in [1.29, 1.82) is 0 Å². The van der Waals surface area contributed by atoms with E-state index in [4.69, 9.17) is 0 Å². The van der Waals surface area contributed by atoms with Crippen LogP contribution in [0.2, 0.25) is 0 Å². The van der Waals surface area contributed by atoms with Gasteiger partial charge in [0.2, 0.25) is 0 Å². The quantitative estimate of drug-likeness (QED) is 0.741. The van der Waals surface area contributed by atoms with E-state index in [1.807, 2.05) is 0 Å². The van der Waals surface area contributed by atoms with E-state index in [0.717, 1.165) is 19.5 Å². The predicted octanol–water partition coefficient (Wildman–Crippen LogP) is 0.161. The fourth-order valence-electron chi connectivity index (χ4n) is 2.19. The second kappa shape index (κ2) is 5.22. The van der Waals surface area contributed by atoms with Crippen molar-refractivity contribution < 1.29 is 8.42 Å². The number of nitrogens with zero attached hydrogens (tertiary/aromatic N) is 1. The number of hydrogen-bond donors (Lipinski definition) is 2. The minimum atomic E-state index is -3.30. The summed E-state index contributed by atoms with van der Waals surface area (Å²) in [5.74, 6) is 0.985. The molecule has 0 amide bonds. The first-order valence-corrected chi connectivity index (χ1v) is 7.87. The van der Waals surface area contributed by atoms with Crippen LogP contribution in [0.1, 0.15) is 26.2 Å². The Hall–Kier alpha value is -0.170. The maximum atomic E-state index is 12.1. The monoisotopic (exact) mass is 261 g/mol. The first kappa shape index (κ1) is 13.3. The summed E-state index contributed by atoms with van der Waals surface area (Å²) < 4.78 is 28.5. The van der Waals surface area contributed by atoms with Crippen LogP contribution in [0.25, 0.3) is 0 Å². The zero-order valence-corrected chi connectivity index (χ0v) is 11.5. The van der Waals surface area contributed by atoms with E-state index in [1.165, 1.54) is 17.1 Å². The standard InChI is InChI=1S/C11H23N3O2S/c1-9-5-6-12-7-11(9)13-17(15,16)14(2)8-10-3-4-10/h9-13H,3-8H2,1-2H3. The van der Waals surface area contributed by atoms with Gasteiger partial charge in [0, 0.05) is 26.2 Å². The van der Waals surface area contributed by atoms with Crippen LogP contribution in [-0.4, -0.2) is 45.4 Å². The van der Waals surface area contributed by atoms with E-state index in [0.29, 0.717) is 18.4 Å². The molecule has 0 bridgehead atoms. The van der Waals surface area contributed by atoms with Crippen molar-refractivity contribution in [3.8, 4) is 0 Å². The molecule has 1 heterocycles. The zero-order valence-electron chi connectivity index (χ0n) is 10.6. The van der Waals surface area contributed by atoms with Crippen LogP contribution in [0.3, 0.4) is 0 Å². The molecule has 2 aliphatic rings. The summed E-state index contributed by atoms with van der Waals surface area (Å²) in [6, 6.07) is 0.0235. The van der Waals surface area contributed by atoms with E-state index < -0.39 is 10.2 Å². The summed E-state index contributed by atoms with van der Waals surface area (Å²) in [5.41, 5.74) is 0. The smallest absolute Gasteiger partial charge is 0.279 e. The van der Waals surface area contributed by atoms with E-state index >= 15 is 0 Å². The first-order valence-electron chi connectivity index (χ1n) is 6.43. The lowest BCUT2D eigenvalue weighted by molar-refractivity contribution is 0.319. The molecule has 1 aliphatic carbocycles. The van der Waals surface area contributed by atoms with Crippen molar-refractivity contribution in [3.63, 3.8) is 0 Å². The Morgan fingerprint density at radius 2 is 2.06 bits per heavy atom. The summed E-state index contributed by atoms with van der Waals surface area (Å²) in [6.45, 7) is 4.48. The molecule has 2 N–H and O–H groups in total. The van der Waals surface area contributed by atoms with Gasteiger partial charge in [-0.2, -0.15) is 17.4 Å². The number of hydrogen-bond acceptors (Lipinski definition) is 3. The molecule has 0 aromatic carbocycles. The average molecular weight is 261 g/mol. The molecule has 0 spiro atoms. The lowest BCUT2D eigenvalue weighted by Gasteiger charge is -2.31. The molecule has 2 fully saturated rings. The van der Waals surface area contributed by atoms with E-state index in [9.17, 15) is 8.42 Å². The predicted molar refractivity (Wildman–Crippen MR) is 67.8 cm³/mol. The summed E-state index contributed by atoms with van der Waals surface area (Å²) >= 11 is 0. The highest BCUT2D eigenvalue weighted by Gasteiger charge is 2.31. The van der Waals surface area contributed by atoms with Crippen molar-refractivity contribution in [2.45, 2.75) is 32.2 Å². The van der Waals surface area contributed by atoms with Gasteiger partial charge >= 0.3 is 0 Å². The van der Waals surface area contributed by atoms with Gasteiger partial charge < -0.3 is 5.32 Å². The summed E-state index contributed by atoms with van der Waals surface area (Å²) in [7, 11) is -1.64. The van der Waals surface area contributed by atoms with E-state index in [-0.39, 0.29) is 6.04 Å². The van der Waals surface area contributed by atoms with Gasteiger partial charge in [0.25, 0.3) is 10.2 Å². The molecule has 0 aromatic rings. The molecule has 2 atom stereocenters. The lowest BCUT2D eigenvalue weighted by Crippen LogP contribution is -2.53. The third-order valence-corrected chi connectivity index (χ3v) is 5.32. The molecule has 2 unspecified atom stereocenters. The van der Waals surface area contributed by atoms with Gasteiger partial charge in [-0.3, -0.25) is 0 Å². The number of piperidine rings is 1. The topological polar surface area (TPSA) is 61.4 Å². The van der Waals surface area contributed by atoms with Gasteiger partial charge in [0.15, 0.2) is 0 Å². The Morgan fingerprint density at radius 1 is 1.35 bits per heavy atom. The minimum Gasteiger partial charge on any atom is -0.315 e. The van der Waals surface area contributed by atoms with Crippen molar-refractivity contribution >= 4 is 10.2 Å². The normalized spacial score (nSPS) is 30.8. The highest BCUT2D eigenvalue weighted by atomic mass is 32.2. The Labute approximate surface area is 104 Å². The molecule has 2 rings (SSSR count). The number of nitrogens with one attached hydrogen (secondary N) is 2. The first-order chi connectivity index (χ1) is 7.99. The van der Waals surface area contributed by atoms with E-state index in [2.05, 4.69) is 17.0 Å². The molecule has 0 aromatic heterocycles. The van der Waals surface area contributed by atoms with Crippen LogP contribution in [0, 0.1) is 11.8 Å². The van der Waals surface area contributed by atoms with Crippen molar-refractivity contribution in [1.82, 2.24) is 14.3 Å². The summed E-state index contributed by atoms with van der Waals surface area (Å²) in [4.78, 5) is 0. The van der Waals surface area contributed by atoms with E-state index in [1.54, 1.807) is 7.05 Å². The maximum Gasteiger partial charge on any atom is 0.279 e. The largest absolute Gasteiger partial charge is 0.315 e. The maximum absolute atomic E-state index is 12.1. The third kappa shape index (κ3) is 3.64. The van der Waals surface area contributed by atoms with Gasteiger partial charge in [-0.1, -0.05) is 6.92 Å². The second-order valence-corrected chi connectivity index (χ2v) is 7.23. The molecular weight excluding hydrogens is 238 g/mol. The zero-order chi connectivity index (χ0) is 12.5. The highest BCUT2D eigenvalue weighted by molar-refractivity contribution is 7.87. The Kier molecular flexibility index (Phi) is 4.07. The lowest BCUT2D eigenvalue weighted by atomic mass is 9.96. The fraction of sp³-hybridized carbons (Fsp3) is 1.00. The van der Waals surface area contributed by atoms with Crippen LogP contribution in [-0.2, 0) is 10.2 Å². The van der Waals surface area contributed by atoms with Crippen LogP contribution in [0.5, 0.6) is 0 Å². The van der Waals surface area contributed by atoms with Gasteiger partial charge in [0.1, 0.15) is 0 Å². The van der Waals surface area contributed by atoms with Crippen LogP contribution in [0.4, 0.5) is 0 Å². The second-order valence-electron chi connectivity index (χ2n) is 5.42. The molecule has 5 nitrogen and oxygen atoms in total.